The van der Waals surface area contributed by atoms with E-state index < -0.39 is 35.1 Å². The number of nitrogens with one attached hydrogen (secondary N) is 1. The molecule has 1 aliphatic rings. The molecule has 1 aromatic carbocycles. The minimum absolute atomic E-state index is 0.0471. The number of aromatic nitrogens is 2. The van der Waals surface area contributed by atoms with Crippen molar-refractivity contribution >= 4 is 11.9 Å². The summed E-state index contributed by atoms with van der Waals surface area (Å²) in [6.45, 7) is 10.8. The number of benzene rings is 1. The summed E-state index contributed by atoms with van der Waals surface area (Å²) in [5.41, 5.74) is -1.12. The van der Waals surface area contributed by atoms with Crippen LogP contribution in [0.25, 0.3) is 11.3 Å². The van der Waals surface area contributed by atoms with Crippen molar-refractivity contribution in [3.8, 4) is 17.0 Å². The van der Waals surface area contributed by atoms with Gasteiger partial charge >= 0.3 is 12.3 Å². The number of hydrogen-bond acceptors (Lipinski definition) is 7. The highest BCUT2D eigenvalue weighted by Crippen LogP contribution is 2.37. The third kappa shape index (κ3) is 7.03. The molecule has 1 amide bonds. The van der Waals surface area contributed by atoms with E-state index in [1.54, 1.807) is 52.5 Å². The monoisotopic (exact) mass is 524 g/mol. The van der Waals surface area contributed by atoms with E-state index in [-0.39, 0.29) is 11.8 Å². The van der Waals surface area contributed by atoms with Crippen LogP contribution in [0.2, 0.25) is 0 Å². The third-order valence-electron chi connectivity index (χ3n) is 6.15. The molecule has 1 aromatic heterocycles. The van der Waals surface area contributed by atoms with Crippen LogP contribution in [0.5, 0.6) is 5.75 Å². The number of anilines is 1. The van der Waals surface area contributed by atoms with Gasteiger partial charge in [-0.1, -0.05) is 0 Å². The van der Waals surface area contributed by atoms with E-state index in [2.05, 4.69) is 15.5 Å². The van der Waals surface area contributed by atoms with Crippen LogP contribution in [0.3, 0.4) is 0 Å². The van der Waals surface area contributed by atoms with Gasteiger partial charge in [0.05, 0.1) is 30.0 Å². The number of aryl methyl sites for hydroxylation is 1. The van der Waals surface area contributed by atoms with Crippen molar-refractivity contribution in [3.05, 3.63) is 35.4 Å². The summed E-state index contributed by atoms with van der Waals surface area (Å²) in [7, 11) is 1.30. The number of nitrogens with zero attached hydrogens (tertiary/aromatic N) is 3. The molecular formula is C26H35F3N4O4. The smallest absolute Gasteiger partial charge is 0.416 e. The van der Waals surface area contributed by atoms with Crippen molar-refractivity contribution < 1.29 is 32.5 Å². The average Bonchev–Trinajstić information content (AvgIpc) is 2.76. The zero-order valence-electron chi connectivity index (χ0n) is 22.2. The first-order valence-corrected chi connectivity index (χ1v) is 12.1. The number of carbonyl (C=O) groups excluding carboxylic acids is 1. The number of halogens is 3. The van der Waals surface area contributed by atoms with Gasteiger partial charge in [0.2, 0.25) is 0 Å². The van der Waals surface area contributed by atoms with Crippen molar-refractivity contribution in [2.75, 3.05) is 19.0 Å². The number of rotatable bonds is 5. The van der Waals surface area contributed by atoms with E-state index in [0.29, 0.717) is 42.0 Å². The van der Waals surface area contributed by atoms with E-state index >= 15 is 0 Å². The van der Waals surface area contributed by atoms with E-state index in [4.69, 9.17) is 9.47 Å². The van der Waals surface area contributed by atoms with Crippen LogP contribution in [0.1, 0.15) is 58.6 Å². The van der Waals surface area contributed by atoms with Gasteiger partial charge in [0.1, 0.15) is 17.2 Å². The van der Waals surface area contributed by atoms with Crippen molar-refractivity contribution in [3.63, 3.8) is 0 Å². The summed E-state index contributed by atoms with van der Waals surface area (Å²) in [6.07, 6.45) is -3.77. The lowest BCUT2D eigenvalue weighted by Gasteiger charge is -2.45. The fraction of sp³-hybridized carbons (Fsp3) is 0.577. The largest absolute Gasteiger partial charge is 0.496 e. The molecule has 204 valence electrons. The van der Waals surface area contributed by atoms with Gasteiger partial charge in [0, 0.05) is 18.2 Å². The fourth-order valence-corrected chi connectivity index (χ4v) is 4.44. The molecule has 1 saturated heterocycles. The number of hydrogen-bond donors (Lipinski definition) is 2. The van der Waals surface area contributed by atoms with E-state index in [1.165, 1.54) is 13.2 Å². The Hall–Kier alpha value is -3.08. The molecule has 0 unspecified atom stereocenters. The van der Waals surface area contributed by atoms with Crippen molar-refractivity contribution in [1.82, 2.24) is 15.1 Å². The predicted octanol–water partition coefficient (Wildman–Crippen LogP) is 5.43. The van der Waals surface area contributed by atoms with Gasteiger partial charge in [-0.3, -0.25) is 0 Å². The molecule has 2 heterocycles. The highest BCUT2D eigenvalue weighted by Gasteiger charge is 2.41. The highest BCUT2D eigenvalue weighted by molar-refractivity contribution is 5.71. The van der Waals surface area contributed by atoms with E-state index in [9.17, 15) is 23.1 Å². The Kier molecular flexibility index (Phi) is 7.97. The van der Waals surface area contributed by atoms with Crippen LogP contribution in [-0.2, 0) is 10.9 Å². The van der Waals surface area contributed by atoms with Gasteiger partial charge in [0.15, 0.2) is 0 Å². The van der Waals surface area contributed by atoms with Crippen molar-refractivity contribution in [2.45, 2.75) is 83.8 Å². The minimum Gasteiger partial charge on any atom is -0.496 e. The Morgan fingerprint density at radius 1 is 1.11 bits per heavy atom. The van der Waals surface area contributed by atoms with Gasteiger partial charge in [0.25, 0.3) is 0 Å². The second-order valence-corrected chi connectivity index (χ2v) is 10.9. The van der Waals surface area contributed by atoms with Gasteiger partial charge in [-0.25, -0.2) is 4.79 Å². The summed E-state index contributed by atoms with van der Waals surface area (Å²) >= 11 is 0. The van der Waals surface area contributed by atoms with Gasteiger partial charge < -0.3 is 24.8 Å². The van der Waals surface area contributed by atoms with Crippen LogP contribution in [-0.4, -0.2) is 63.2 Å². The molecule has 1 fully saturated rings. The fourth-order valence-electron chi connectivity index (χ4n) is 4.44. The number of amides is 1. The normalized spacial score (nSPS) is 18.9. The first-order chi connectivity index (χ1) is 17.0. The van der Waals surface area contributed by atoms with E-state index in [1.807, 2.05) is 0 Å². The lowest BCUT2D eigenvalue weighted by molar-refractivity contribution is -0.137. The van der Waals surface area contributed by atoms with Crippen LogP contribution < -0.4 is 10.1 Å². The molecular weight excluding hydrogens is 489 g/mol. The molecule has 0 bridgehead atoms. The molecule has 8 nitrogen and oxygen atoms in total. The molecule has 0 radical (unpaired) electrons. The van der Waals surface area contributed by atoms with Crippen LogP contribution in [0, 0.1) is 6.92 Å². The quantitative estimate of drug-likeness (QED) is 0.538. The number of carbonyl (C=O) groups is 1. The Labute approximate surface area is 215 Å². The van der Waals surface area contributed by atoms with Crippen LogP contribution in [0.15, 0.2) is 24.3 Å². The first kappa shape index (κ1) is 28.5. The number of alkyl halides is 3. The number of piperidine rings is 1. The topological polar surface area (TPSA) is 96.8 Å². The Morgan fingerprint density at radius 3 is 2.32 bits per heavy atom. The maximum Gasteiger partial charge on any atom is 0.416 e. The molecule has 3 rings (SSSR count). The lowest BCUT2D eigenvalue weighted by atomic mass is 9.87. The molecule has 0 saturated carbocycles. The Bertz CT molecular complexity index is 1130. The van der Waals surface area contributed by atoms with Gasteiger partial charge in [-0.2, -0.15) is 13.2 Å². The molecule has 37 heavy (non-hydrogen) atoms. The SMILES string of the molecule is COc1cc(C(F)(F)F)ccc1-c1nnc(N[C@@H]2CC[C@@H](C(C)(C)O)N(C(=O)OC(C)(C)C)C2)cc1C. The number of likely N-dealkylation sites (tertiary alicyclic amines) is 1. The molecule has 2 aromatic rings. The Morgan fingerprint density at radius 2 is 1.78 bits per heavy atom. The maximum absolute atomic E-state index is 13.1. The van der Waals surface area contributed by atoms with Gasteiger partial charge in [-0.15, -0.1) is 10.2 Å². The summed E-state index contributed by atoms with van der Waals surface area (Å²) in [5.74, 6) is 0.508. The molecule has 11 heteroatoms. The predicted molar refractivity (Wildman–Crippen MR) is 133 cm³/mol. The minimum atomic E-state index is -4.49. The maximum atomic E-state index is 13.1. The summed E-state index contributed by atoms with van der Waals surface area (Å²) in [5, 5.41) is 22.4. The van der Waals surface area contributed by atoms with Crippen molar-refractivity contribution in [1.29, 1.82) is 0 Å². The molecule has 2 atom stereocenters. The summed E-state index contributed by atoms with van der Waals surface area (Å²) in [4.78, 5) is 14.5. The molecule has 0 spiro atoms. The molecule has 0 aliphatic carbocycles. The van der Waals surface area contributed by atoms with Crippen molar-refractivity contribution in [2.24, 2.45) is 0 Å². The average molecular weight is 525 g/mol. The van der Waals surface area contributed by atoms with Crippen LogP contribution >= 0.6 is 0 Å². The number of aliphatic hydroxyl groups is 1. The van der Waals surface area contributed by atoms with Crippen LogP contribution in [0.4, 0.5) is 23.8 Å². The van der Waals surface area contributed by atoms with Gasteiger partial charge in [-0.05, 0) is 84.2 Å². The third-order valence-corrected chi connectivity index (χ3v) is 6.15. The summed E-state index contributed by atoms with van der Waals surface area (Å²) < 4.78 is 50.1. The van der Waals surface area contributed by atoms with E-state index in [0.717, 1.165) is 12.1 Å². The second-order valence-electron chi connectivity index (χ2n) is 10.9. The zero-order chi connectivity index (χ0) is 27.8. The lowest BCUT2D eigenvalue weighted by Crippen LogP contribution is -2.59. The first-order valence-electron chi connectivity index (χ1n) is 12.1. The second kappa shape index (κ2) is 10.4. The molecule has 2 N–H and O–H groups in total. The standard InChI is InChI=1S/C26H35F3N4O4/c1-15-12-21(31-32-22(15)18-10-8-16(26(27,28)29)13-19(18)36-7)30-17-9-11-20(25(5,6)35)33(14-17)23(34)37-24(2,3)4/h8,10,12-13,17,20,35H,9,11,14H2,1-7H3,(H,30,31)/t17-,20+/m1/s1. The zero-order valence-corrected chi connectivity index (χ0v) is 22.2. The summed E-state index contributed by atoms with van der Waals surface area (Å²) in [6, 6.07) is 4.41. The highest BCUT2D eigenvalue weighted by atomic mass is 19.4. The number of ether oxygens (including phenoxy) is 2. The molecule has 1 aliphatic heterocycles. The Balaban J connectivity index is 1.81. The number of methoxy groups -OCH3 is 1.